The lowest BCUT2D eigenvalue weighted by molar-refractivity contribution is 0.0196. The van der Waals surface area contributed by atoms with Gasteiger partial charge in [0.2, 0.25) is 0 Å². The van der Waals surface area contributed by atoms with Gasteiger partial charge >= 0.3 is 0 Å². The molecule has 3 saturated heterocycles. The highest BCUT2D eigenvalue weighted by atomic mass is 16.1. The number of aldehydes is 1. The summed E-state index contributed by atoms with van der Waals surface area (Å²) in [7, 11) is 0. The summed E-state index contributed by atoms with van der Waals surface area (Å²) in [5, 5.41) is 1.04. The quantitative estimate of drug-likeness (QED) is 0.640. The molecular formula is C20H22N2O. The van der Waals surface area contributed by atoms with Crippen molar-refractivity contribution >= 4 is 17.2 Å². The lowest BCUT2D eigenvalue weighted by atomic mass is 9.74. The Morgan fingerprint density at radius 3 is 3.00 bits per heavy atom. The lowest BCUT2D eigenvalue weighted by Gasteiger charge is -2.49. The van der Waals surface area contributed by atoms with Crippen molar-refractivity contribution in [2.45, 2.75) is 25.3 Å². The number of benzene rings is 1. The number of piperidine rings is 3. The zero-order valence-corrected chi connectivity index (χ0v) is 13.3. The van der Waals surface area contributed by atoms with E-state index in [-0.39, 0.29) is 0 Å². The van der Waals surface area contributed by atoms with Gasteiger partial charge in [0, 0.05) is 29.7 Å². The van der Waals surface area contributed by atoms with Crippen molar-refractivity contribution in [3.05, 3.63) is 54.2 Å². The predicted molar refractivity (Wildman–Crippen MR) is 92.6 cm³/mol. The molecule has 0 aliphatic carbocycles. The monoisotopic (exact) mass is 306 g/mol. The molecule has 4 heterocycles. The van der Waals surface area contributed by atoms with Crippen molar-refractivity contribution in [1.82, 2.24) is 9.88 Å². The Morgan fingerprint density at radius 2 is 2.26 bits per heavy atom. The van der Waals surface area contributed by atoms with Crippen molar-refractivity contribution < 1.29 is 4.79 Å². The fraction of sp³-hybridized carbons (Fsp3) is 0.400. The van der Waals surface area contributed by atoms with E-state index in [2.05, 4.69) is 28.6 Å². The minimum absolute atomic E-state index is 0.579. The summed E-state index contributed by atoms with van der Waals surface area (Å²) in [4.78, 5) is 18.5. The van der Waals surface area contributed by atoms with Gasteiger partial charge in [-0.25, -0.2) is 0 Å². The summed E-state index contributed by atoms with van der Waals surface area (Å²) in [6.07, 6.45) is 8.50. The summed E-state index contributed by atoms with van der Waals surface area (Å²) in [6, 6.07) is 8.46. The molecule has 3 aliphatic rings. The van der Waals surface area contributed by atoms with Crippen molar-refractivity contribution in [3.63, 3.8) is 0 Å². The number of fused-ring (bicyclic) bond motifs is 4. The van der Waals surface area contributed by atoms with Crippen LogP contribution in [-0.4, -0.2) is 35.3 Å². The minimum atomic E-state index is 0.579. The number of aromatic nitrogens is 1. The predicted octanol–water partition coefficient (Wildman–Crippen LogP) is 3.49. The van der Waals surface area contributed by atoms with Crippen LogP contribution in [0.15, 0.2) is 43.1 Å². The van der Waals surface area contributed by atoms with E-state index in [0.717, 1.165) is 41.6 Å². The lowest BCUT2D eigenvalue weighted by Crippen LogP contribution is -2.53. The first-order chi connectivity index (χ1) is 11.3. The van der Waals surface area contributed by atoms with Crippen LogP contribution in [0, 0.1) is 11.8 Å². The van der Waals surface area contributed by atoms with Crippen LogP contribution in [0.1, 0.15) is 28.8 Å². The molecule has 1 aromatic heterocycles. The third-order valence-corrected chi connectivity index (χ3v) is 5.70. The molecule has 2 aromatic rings. The molecule has 3 nitrogen and oxygen atoms in total. The molecule has 3 heteroatoms. The summed E-state index contributed by atoms with van der Waals surface area (Å²) in [5.41, 5.74) is 2.93. The highest BCUT2D eigenvalue weighted by molar-refractivity contribution is 5.98. The first kappa shape index (κ1) is 14.6. The van der Waals surface area contributed by atoms with Crippen LogP contribution in [-0.2, 0) is 6.42 Å². The summed E-state index contributed by atoms with van der Waals surface area (Å²) in [5.74, 6) is 1.43. The first-order valence-corrected chi connectivity index (χ1v) is 8.48. The smallest absolute Gasteiger partial charge is 0.150 e. The Bertz CT molecular complexity index is 749. The Labute approximate surface area is 137 Å². The van der Waals surface area contributed by atoms with Gasteiger partial charge in [0.1, 0.15) is 0 Å². The number of hydrogen-bond donors (Lipinski definition) is 0. The van der Waals surface area contributed by atoms with E-state index < -0.39 is 0 Å². The molecule has 0 radical (unpaired) electrons. The second kappa shape index (κ2) is 5.89. The van der Waals surface area contributed by atoms with Crippen LogP contribution in [0.5, 0.6) is 0 Å². The zero-order chi connectivity index (χ0) is 15.8. The van der Waals surface area contributed by atoms with Crippen LogP contribution in [0.4, 0.5) is 0 Å². The van der Waals surface area contributed by atoms with Crippen molar-refractivity contribution in [1.29, 1.82) is 0 Å². The molecule has 3 aliphatic heterocycles. The fourth-order valence-corrected chi connectivity index (χ4v) is 4.49. The van der Waals surface area contributed by atoms with Crippen molar-refractivity contribution in [2.24, 2.45) is 11.8 Å². The Kier molecular flexibility index (Phi) is 3.74. The molecule has 118 valence electrons. The van der Waals surface area contributed by atoms with Gasteiger partial charge in [0.25, 0.3) is 0 Å². The molecule has 0 amide bonds. The molecular weight excluding hydrogens is 284 g/mol. The number of carbonyl (C=O) groups excluding carboxylic acids is 1. The average Bonchev–Trinajstić information content (AvgIpc) is 2.62. The fourth-order valence-electron chi connectivity index (χ4n) is 4.49. The minimum Gasteiger partial charge on any atom is -0.299 e. The summed E-state index contributed by atoms with van der Waals surface area (Å²) >= 11 is 0. The Morgan fingerprint density at radius 1 is 1.35 bits per heavy atom. The largest absolute Gasteiger partial charge is 0.299 e. The standard InChI is InChI=1S/C20H22N2O/c1-2-14-12-22-9-7-15(14)10-18(22)11-16-6-8-21-19-5-3-4-17(13-23)20(16)19/h2-6,8,13-15,18H,1,7,9-12H2. The number of nitrogens with zero attached hydrogens (tertiary/aromatic N) is 2. The Balaban J connectivity index is 1.66. The first-order valence-electron chi connectivity index (χ1n) is 8.48. The highest BCUT2D eigenvalue weighted by Gasteiger charge is 2.38. The number of carbonyl (C=O) groups is 1. The number of rotatable bonds is 4. The van der Waals surface area contributed by atoms with E-state index in [9.17, 15) is 4.79 Å². The normalized spacial score (nSPS) is 29.6. The average molecular weight is 306 g/mol. The molecule has 5 rings (SSSR count). The van der Waals surface area contributed by atoms with Gasteiger partial charge in [-0.3, -0.25) is 14.7 Å². The van der Waals surface area contributed by atoms with Crippen LogP contribution >= 0.6 is 0 Å². The van der Waals surface area contributed by atoms with Gasteiger partial charge in [-0.1, -0.05) is 18.2 Å². The van der Waals surface area contributed by atoms with Gasteiger partial charge < -0.3 is 0 Å². The number of pyridine rings is 1. The van der Waals surface area contributed by atoms with Crippen molar-refractivity contribution in [3.8, 4) is 0 Å². The SMILES string of the molecule is C=CC1CN2CCC1CC2Cc1ccnc2cccc(C=O)c12. The molecule has 4 atom stereocenters. The maximum Gasteiger partial charge on any atom is 0.150 e. The molecule has 0 saturated carbocycles. The number of hydrogen-bond acceptors (Lipinski definition) is 3. The summed E-state index contributed by atoms with van der Waals surface area (Å²) in [6.45, 7) is 6.34. The van der Waals surface area contributed by atoms with Crippen LogP contribution in [0.3, 0.4) is 0 Å². The molecule has 0 N–H and O–H groups in total. The molecule has 4 unspecified atom stereocenters. The maximum atomic E-state index is 11.4. The van der Waals surface area contributed by atoms with E-state index in [1.165, 1.54) is 24.9 Å². The van der Waals surface area contributed by atoms with Gasteiger partial charge in [-0.15, -0.1) is 6.58 Å². The van der Waals surface area contributed by atoms with Crippen LogP contribution in [0.25, 0.3) is 10.9 Å². The second-order valence-electron chi connectivity index (χ2n) is 6.87. The molecule has 1 aromatic carbocycles. The Hall–Kier alpha value is -2.00. The molecule has 0 spiro atoms. The molecule has 3 fully saturated rings. The van der Waals surface area contributed by atoms with E-state index in [1.54, 1.807) is 0 Å². The molecule has 23 heavy (non-hydrogen) atoms. The van der Waals surface area contributed by atoms with E-state index in [1.807, 2.05) is 24.4 Å². The van der Waals surface area contributed by atoms with Crippen LogP contribution in [0.2, 0.25) is 0 Å². The van der Waals surface area contributed by atoms with Crippen molar-refractivity contribution in [2.75, 3.05) is 13.1 Å². The summed E-state index contributed by atoms with van der Waals surface area (Å²) < 4.78 is 0. The third kappa shape index (κ3) is 2.49. The van der Waals surface area contributed by atoms with Gasteiger partial charge in [0.15, 0.2) is 6.29 Å². The maximum absolute atomic E-state index is 11.4. The highest BCUT2D eigenvalue weighted by Crippen LogP contribution is 2.38. The van der Waals surface area contributed by atoms with Gasteiger partial charge in [-0.2, -0.15) is 0 Å². The third-order valence-electron chi connectivity index (χ3n) is 5.70. The van der Waals surface area contributed by atoms with E-state index in [4.69, 9.17) is 0 Å². The van der Waals surface area contributed by atoms with Crippen LogP contribution < -0.4 is 0 Å². The van der Waals surface area contributed by atoms with Gasteiger partial charge in [0.05, 0.1) is 5.52 Å². The van der Waals surface area contributed by atoms with E-state index in [0.29, 0.717) is 12.0 Å². The second-order valence-corrected chi connectivity index (χ2v) is 6.87. The topological polar surface area (TPSA) is 33.2 Å². The molecule has 2 bridgehead atoms. The van der Waals surface area contributed by atoms with Gasteiger partial charge in [-0.05, 0) is 55.3 Å². The zero-order valence-electron chi connectivity index (χ0n) is 13.3. The van der Waals surface area contributed by atoms with E-state index >= 15 is 0 Å².